The Balaban J connectivity index is 1.45. The molecule has 0 N–H and O–H groups in total. The molecule has 0 radical (unpaired) electrons. The Labute approximate surface area is 178 Å². The van der Waals surface area contributed by atoms with Gasteiger partial charge in [-0.05, 0) is 37.1 Å². The number of carbonyl (C=O) groups is 1. The van der Waals surface area contributed by atoms with Gasteiger partial charge in [0, 0.05) is 19.5 Å². The zero-order valence-corrected chi connectivity index (χ0v) is 17.4. The Hall–Kier alpha value is -3.75. The summed E-state index contributed by atoms with van der Waals surface area (Å²) in [6, 6.07) is 8.96. The molecule has 0 aliphatic carbocycles. The van der Waals surface area contributed by atoms with E-state index < -0.39 is 0 Å². The van der Waals surface area contributed by atoms with Crippen LogP contribution >= 0.6 is 0 Å². The van der Waals surface area contributed by atoms with Gasteiger partial charge in [0.1, 0.15) is 0 Å². The van der Waals surface area contributed by atoms with Crippen molar-refractivity contribution in [2.45, 2.75) is 39.8 Å². The summed E-state index contributed by atoms with van der Waals surface area (Å²) in [7, 11) is 0. The Kier molecular flexibility index (Phi) is 5.92. The van der Waals surface area contributed by atoms with Gasteiger partial charge in [-0.15, -0.1) is 10.2 Å². The van der Waals surface area contributed by atoms with Gasteiger partial charge >= 0.3 is 0 Å². The lowest BCUT2D eigenvalue weighted by atomic mass is 10.1. The van der Waals surface area contributed by atoms with Gasteiger partial charge in [0.15, 0.2) is 5.76 Å². The quantitative estimate of drug-likeness (QED) is 0.430. The van der Waals surface area contributed by atoms with Crippen molar-refractivity contribution in [3.63, 3.8) is 0 Å². The van der Waals surface area contributed by atoms with Crippen LogP contribution in [0.4, 0.5) is 0 Å². The molecule has 3 heterocycles. The molecule has 0 aliphatic rings. The van der Waals surface area contributed by atoms with Crippen molar-refractivity contribution in [2.75, 3.05) is 6.54 Å². The number of hydrogen-bond donors (Lipinski definition) is 0. The predicted octanol–water partition coefficient (Wildman–Crippen LogP) is 3.18. The van der Waals surface area contributed by atoms with Gasteiger partial charge in [0.2, 0.25) is 11.8 Å². The molecule has 9 nitrogen and oxygen atoms in total. The summed E-state index contributed by atoms with van der Waals surface area (Å²) < 4.78 is 12.4. The molecular formula is C22H23N5O4. The van der Waals surface area contributed by atoms with Crippen LogP contribution in [-0.4, -0.2) is 37.1 Å². The van der Waals surface area contributed by atoms with Crippen LogP contribution < -0.4 is 5.56 Å². The average molecular weight is 421 g/mol. The second-order valence-corrected chi connectivity index (χ2v) is 7.26. The average Bonchev–Trinajstić information content (AvgIpc) is 3.45. The van der Waals surface area contributed by atoms with Crippen molar-refractivity contribution in [1.29, 1.82) is 0 Å². The number of para-hydroxylation sites is 1. The molecule has 4 rings (SSSR count). The summed E-state index contributed by atoms with van der Waals surface area (Å²) in [6.45, 7) is 4.89. The van der Waals surface area contributed by atoms with E-state index in [1.54, 1.807) is 23.1 Å². The van der Waals surface area contributed by atoms with Crippen molar-refractivity contribution >= 4 is 16.8 Å². The SMILES string of the molecule is CCCN(Cc1nnc(-c2ccco2)o1)C(=O)CCn1cnc2c(C)cccc2c1=O. The fourth-order valence-electron chi connectivity index (χ4n) is 3.41. The Bertz CT molecular complexity index is 1240. The zero-order chi connectivity index (χ0) is 21.8. The summed E-state index contributed by atoms with van der Waals surface area (Å²) in [5.74, 6) is 0.975. The maximum atomic E-state index is 12.9. The van der Waals surface area contributed by atoms with E-state index in [4.69, 9.17) is 8.83 Å². The van der Waals surface area contributed by atoms with Crippen molar-refractivity contribution < 1.29 is 13.6 Å². The predicted molar refractivity (Wildman–Crippen MR) is 113 cm³/mol. The van der Waals surface area contributed by atoms with E-state index in [2.05, 4.69) is 15.2 Å². The van der Waals surface area contributed by atoms with Gasteiger partial charge in [-0.1, -0.05) is 19.1 Å². The third kappa shape index (κ3) is 4.40. The van der Waals surface area contributed by atoms with E-state index in [0.29, 0.717) is 29.1 Å². The molecule has 0 fully saturated rings. The highest BCUT2D eigenvalue weighted by Gasteiger charge is 2.18. The maximum Gasteiger partial charge on any atom is 0.283 e. The molecule has 1 aromatic carbocycles. The van der Waals surface area contributed by atoms with Crippen molar-refractivity contribution in [3.05, 3.63) is 64.7 Å². The van der Waals surface area contributed by atoms with Crippen molar-refractivity contribution in [3.8, 4) is 11.7 Å². The first-order valence-corrected chi connectivity index (χ1v) is 10.2. The Morgan fingerprint density at radius 2 is 2.06 bits per heavy atom. The van der Waals surface area contributed by atoms with E-state index in [-0.39, 0.29) is 36.9 Å². The second-order valence-electron chi connectivity index (χ2n) is 7.26. The van der Waals surface area contributed by atoms with Gasteiger partial charge in [-0.25, -0.2) is 4.98 Å². The highest BCUT2D eigenvalue weighted by Crippen LogP contribution is 2.19. The molecule has 31 heavy (non-hydrogen) atoms. The molecule has 9 heteroatoms. The molecule has 160 valence electrons. The van der Waals surface area contributed by atoms with E-state index in [1.807, 2.05) is 26.0 Å². The first kappa shape index (κ1) is 20.5. The van der Waals surface area contributed by atoms with Crippen LogP contribution in [0.3, 0.4) is 0 Å². The van der Waals surface area contributed by atoms with Crippen LogP contribution in [0.1, 0.15) is 31.2 Å². The molecule has 4 aromatic rings. The first-order chi connectivity index (χ1) is 15.1. The number of nitrogens with zero attached hydrogens (tertiary/aromatic N) is 5. The summed E-state index contributed by atoms with van der Waals surface area (Å²) in [5.41, 5.74) is 1.48. The molecule has 0 bridgehead atoms. The minimum absolute atomic E-state index is 0.101. The second kappa shape index (κ2) is 8.95. The Morgan fingerprint density at radius 3 is 2.84 bits per heavy atom. The lowest BCUT2D eigenvalue weighted by Gasteiger charge is -2.20. The standard InChI is InChI=1S/C22H23N5O4/c1-3-10-26(13-18-24-25-21(31-18)17-8-5-12-30-17)19(28)9-11-27-14-23-20-15(2)6-4-7-16(20)22(27)29/h4-8,12,14H,3,9-11,13H2,1-2H3. The fourth-order valence-corrected chi connectivity index (χ4v) is 3.41. The number of hydrogen-bond acceptors (Lipinski definition) is 7. The van der Waals surface area contributed by atoms with Crippen LogP contribution in [0.25, 0.3) is 22.6 Å². The zero-order valence-electron chi connectivity index (χ0n) is 17.4. The number of furan rings is 1. The Morgan fingerprint density at radius 1 is 1.19 bits per heavy atom. The van der Waals surface area contributed by atoms with E-state index in [9.17, 15) is 9.59 Å². The monoisotopic (exact) mass is 421 g/mol. The topological polar surface area (TPSA) is 107 Å². The summed E-state index contributed by atoms with van der Waals surface area (Å²) >= 11 is 0. The molecule has 0 unspecified atom stereocenters. The minimum Gasteiger partial charge on any atom is -0.459 e. The molecule has 1 amide bonds. The van der Waals surface area contributed by atoms with E-state index in [0.717, 1.165) is 12.0 Å². The van der Waals surface area contributed by atoms with Crippen molar-refractivity contribution in [1.82, 2.24) is 24.6 Å². The first-order valence-electron chi connectivity index (χ1n) is 10.2. The molecule has 3 aromatic heterocycles. The minimum atomic E-state index is -0.150. The van der Waals surface area contributed by atoms with Crippen LogP contribution in [0.2, 0.25) is 0 Å². The van der Waals surface area contributed by atoms with Gasteiger partial charge in [-0.2, -0.15) is 0 Å². The number of amides is 1. The third-order valence-electron chi connectivity index (χ3n) is 4.99. The highest BCUT2D eigenvalue weighted by atomic mass is 16.4. The number of aromatic nitrogens is 4. The van der Waals surface area contributed by atoms with Crippen molar-refractivity contribution in [2.24, 2.45) is 0 Å². The highest BCUT2D eigenvalue weighted by molar-refractivity contribution is 5.80. The third-order valence-corrected chi connectivity index (χ3v) is 4.99. The molecule has 0 saturated heterocycles. The lowest BCUT2D eigenvalue weighted by molar-refractivity contribution is -0.132. The number of aryl methyl sites for hydroxylation is 2. The molecule has 0 aliphatic heterocycles. The molecule has 0 spiro atoms. The number of carbonyl (C=O) groups excluding carboxylic acids is 1. The van der Waals surface area contributed by atoms with E-state index >= 15 is 0 Å². The number of fused-ring (bicyclic) bond motifs is 1. The van der Waals surface area contributed by atoms with E-state index in [1.165, 1.54) is 17.2 Å². The molecular weight excluding hydrogens is 398 g/mol. The van der Waals surface area contributed by atoms with Crippen LogP contribution in [0.15, 0.2) is 56.6 Å². The smallest absolute Gasteiger partial charge is 0.283 e. The molecule has 0 saturated carbocycles. The summed E-state index contributed by atoms with van der Waals surface area (Å²) in [4.78, 5) is 31.7. The van der Waals surface area contributed by atoms with Crippen LogP contribution in [0, 0.1) is 6.92 Å². The number of rotatable bonds is 8. The largest absolute Gasteiger partial charge is 0.459 e. The fraction of sp³-hybridized carbons (Fsp3) is 0.318. The maximum absolute atomic E-state index is 12.9. The normalized spacial score (nSPS) is 11.2. The van der Waals surface area contributed by atoms with Gasteiger partial charge in [-0.3, -0.25) is 14.2 Å². The molecule has 0 atom stereocenters. The lowest BCUT2D eigenvalue weighted by Crippen LogP contribution is -2.33. The summed E-state index contributed by atoms with van der Waals surface area (Å²) in [6.07, 6.45) is 3.97. The van der Waals surface area contributed by atoms with Crippen LogP contribution in [0.5, 0.6) is 0 Å². The van der Waals surface area contributed by atoms with Gasteiger partial charge in [0.05, 0.1) is 30.0 Å². The van der Waals surface area contributed by atoms with Crippen LogP contribution in [-0.2, 0) is 17.9 Å². The van der Waals surface area contributed by atoms with Gasteiger partial charge < -0.3 is 13.7 Å². The van der Waals surface area contributed by atoms with Gasteiger partial charge in [0.25, 0.3) is 11.4 Å². The number of benzene rings is 1. The summed E-state index contributed by atoms with van der Waals surface area (Å²) in [5, 5.41) is 8.54.